The number of nitrogens with two attached hydrogens (primary N) is 1. The summed E-state index contributed by atoms with van der Waals surface area (Å²) < 4.78 is 7.99. The van der Waals surface area contributed by atoms with Gasteiger partial charge in [-0.15, -0.1) is 0 Å². The highest BCUT2D eigenvalue weighted by molar-refractivity contribution is 4.94. The summed E-state index contributed by atoms with van der Waals surface area (Å²) >= 11 is 0. The molecule has 1 saturated carbocycles. The predicted octanol–water partition coefficient (Wildman–Crippen LogP) is 2.54. The van der Waals surface area contributed by atoms with Gasteiger partial charge < -0.3 is 10.5 Å². The molecule has 0 aromatic carbocycles. The molecule has 2 N–H and O–H groups in total. The van der Waals surface area contributed by atoms with Crippen LogP contribution >= 0.6 is 0 Å². The van der Waals surface area contributed by atoms with Crippen LogP contribution in [-0.2, 0) is 17.7 Å². The summed E-state index contributed by atoms with van der Waals surface area (Å²) in [4.78, 5) is 4.38. The van der Waals surface area contributed by atoms with Gasteiger partial charge in [-0.2, -0.15) is 5.10 Å². The van der Waals surface area contributed by atoms with Crippen LogP contribution in [0.15, 0.2) is 6.33 Å². The van der Waals surface area contributed by atoms with E-state index in [4.69, 9.17) is 10.5 Å². The molecule has 1 fully saturated rings. The molecule has 0 radical (unpaired) electrons. The largest absolute Gasteiger partial charge is 0.377 e. The molecule has 1 aliphatic carbocycles. The minimum absolute atomic E-state index is 0.00727. The average Bonchev–Trinajstić information content (AvgIpc) is 2.93. The van der Waals surface area contributed by atoms with Gasteiger partial charge in [0.25, 0.3) is 0 Å². The van der Waals surface area contributed by atoms with Gasteiger partial charge in [0, 0.05) is 25.6 Å². The second-order valence-electron chi connectivity index (χ2n) is 6.09. The van der Waals surface area contributed by atoms with Gasteiger partial charge in [-0.1, -0.05) is 26.2 Å². The molecule has 0 bridgehead atoms. The standard InChI is InChI=1S/C16H30N4O/c1-3-10-20-15(18-12-19-20)11-14(17)16(21-4-2)13-8-6-5-7-9-13/h12-14,16H,3-11,17H2,1-2H3. The number of hydrogen-bond acceptors (Lipinski definition) is 4. The fourth-order valence-electron chi connectivity index (χ4n) is 3.44. The zero-order valence-corrected chi connectivity index (χ0v) is 13.5. The Kier molecular flexibility index (Phi) is 6.64. The van der Waals surface area contributed by atoms with Crippen molar-refractivity contribution in [2.75, 3.05) is 6.61 Å². The van der Waals surface area contributed by atoms with Gasteiger partial charge in [0.15, 0.2) is 0 Å². The van der Waals surface area contributed by atoms with E-state index in [1.54, 1.807) is 6.33 Å². The summed E-state index contributed by atoms with van der Waals surface area (Å²) in [6.07, 6.45) is 10.1. The normalized spacial score (nSPS) is 19.6. The molecule has 1 heterocycles. The first-order valence-electron chi connectivity index (χ1n) is 8.50. The first-order chi connectivity index (χ1) is 10.3. The number of aromatic nitrogens is 3. The smallest absolute Gasteiger partial charge is 0.138 e. The molecular weight excluding hydrogens is 264 g/mol. The summed E-state index contributed by atoms with van der Waals surface area (Å²) in [6, 6.07) is 0.00727. The van der Waals surface area contributed by atoms with E-state index in [0.29, 0.717) is 5.92 Å². The molecule has 21 heavy (non-hydrogen) atoms. The maximum atomic E-state index is 6.49. The highest BCUT2D eigenvalue weighted by Crippen LogP contribution is 2.29. The van der Waals surface area contributed by atoms with Crippen LogP contribution in [0.3, 0.4) is 0 Å². The van der Waals surface area contributed by atoms with E-state index in [1.165, 1.54) is 32.1 Å². The Labute approximate surface area is 128 Å². The number of aryl methyl sites for hydroxylation is 1. The SMILES string of the molecule is CCCn1ncnc1CC(N)C(OCC)C1CCCCC1. The van der Waals surface area contributed by atoms with Gasteiger partial charge in [0.1, 0.15) is 12.2 Å². The van der Waals surface area contributed by atoms with E-state index >= 15 is 0 Å². The monoisotopic (exact) mass is 294 g/mol. The van der Waals surface area contributed by atoms with Crippen molar-refractivity contribution in [1.29, 1.82) is 0 Å². The zero-order valence-electron chi connectivity index (χ0n) is 13.5. The van der Waals surface area contributed by atoms with Crippen LogP contribution in [0.5, 0.6) is 0 Å². The molecule has 2 atom stereocenters. The van der Waals surface area contributed by atoms with E-state index in [0.717, 1.165) is 31.8 Å². The summed E-state index contributed by atoms with van der Waals surface area (Å²) in [5.41, 5.74) is 6.49. The molecule has 1 aliphatic rings. The van der Waals surface area contributed by atoms with E-state index in [9.17, 15) is 0 Å². The molecule has 120 valence electrons. The molecule has 5 nitrogen and oxygen atoms in total. The zero-order chi connectivity index (χ0) is 15.1. The van der Waals surface area contributed by atoms with Crippen LogP contribution in [0, 0.1) is 5.92 Å². The van der Waals surface area contributed by atoms with Crippen molar-refractivity contribution < 1.29 is 4.74 Å². The van der Waals surface area contributed by atoms with E-state index < -0.39 is 0 Å². The third-order valence-corrected chi connectivity index (χ3v) is 4.44. The Balaban J connectivity index is 1.99. The molecule has 2 unspecified atom stereocenters. The predicted molar refractivity (Wildman–Crippen MR) is 84.0 cm³/mol. The lowest BCUT2D eigenvalue weighted by molar-refractivity contribution is -0.00965. The first-order valence-corrected chi connectivity index (χ1v) is 8.50. The maximum Gasteiger partial charge on any atom is 0.138 e. The lowest BCUT2D eigenvalue weighted by atomic mass is 9.82. The Hall–Kier alpha value is -0.940. The Morgan fingerprint density at radius 3 is 2.76 bits per heavy atom. The molecule has 1 aromatic heterocycles. The van der Waals surface area contributed by atoms with Crippen molar-refractivity contribution in [2.24, 2.45) is 11.7 Å². The Bertz CT molecular complexity index is 401. The third-order valence-electron chi connectivity index (χ3n) is 4.44. The second-order valence-corrected chi connectivity index (χ2v) is 6.09. The van der Waals surface area contributed by atoms with Crippen LogP contribution < -0.4 is 5.73 Å². The van der Waals surface area contributed by atoms with Crippen molar-refractivity contribution in [3.63, 3.8) is 0 Å². The third kappa shape index (κ3) is 4.51. The quantitative estimate of drug-likeness (QED) is 0.800. The van der Waals surface area contributed by atoms with Crippen molar-refractivity contribution >= 4 is 0 Å². The van der Waals surface area contributed by atoms with Gasteiger partial charge in [-0.05, 0) is 32.1 Å². The minimum Gasteiger partial charge on any atom is -0.377 e. The summed E-state index contributed by atoms with van der Waals surface area (Å²) in [5.74, 6) is 1.60. The lowest BCUT2D eigenvalue weighted by Crippen LogP contribution is -2.44. The minimum atomic E-state index is 0.00727. The van der Waals surface area contributed by atoms with Crippen molar-refractivity contribution in [3.05, 3.63) is 12.2 Å². The maximum absolute atomic E-state index is 6.49. The van der Waals surface area contributed by atoms with Crippen LogP contribution in [0.2, 0.25) is 0 Å². The van der Waals surface area contributed by atoms with E-state index in [2.05, 4.69) is 23.9 Å². The molecule has 1 aromatic rings. The Morgan fingerprint density at radius 2 is 2.10 bits per heavy atom. The molecule has 0 spiro atoms. The van der Waals surface area contributed by atoms with Crippen LogP contribution in [-0.4, -0.2) is 33.5 Å². The first kappa shape index (κ1) is 16.4. The second kappa shape index (κ2) is 8.49. The lowest BCUT2D eigenvalue weighted by Gasteiger charge is -2.33. The summed E-state index contributed by atoms with van der Waals surface area (Å²) in [7, 11) is 0. The van der Waals surface area contributed by atoms with Gasteiger partial charge in [-0.25, -0.2) is 4.98 Å². The molecule has 0 aliphatic heterocycles. The molecule has 0 amide bonds. The number of rotatable bonds is 8. The number of hydrogen-bond donors (Lipinski definition) is 1. The highest BCUT2D eigenvalue weighted by Gasteiger charge is 2.30. The topological polar surface area (TPSA) is 66.0 Å². The van der Waals surface area contributed by atoms with E-state index in [-0.39, 0.29) is 12.1 Å². The van der Waals surface area contributed by atoms with Gasteiger partial charge in [0.05, 0.1) is 6.10 Å². The molecule has 5 heteroatoms. The Morgan fingerprint density at radius 1 is 1.33 bits per heavy atom. The van der Waals surface area contributed by atoms with Crippen LogP contribution in [0.1, 0.15) is 58.2 Å². The summed E-state index contributed by atoms with van der Waals surface area (Å²) in [5, 5.41) is 4.29. The number of nitrogens with zero attached hydrogens (tertiary/aromatic N) is 3. The van der Waals surface area contributed by atoms with Crippen molar-refractivity contribution in [3.8, 4) is 0 Å². The van der Waals surface area contributed by atoms with Gasteiger partial charge >= 0.3 is 0 Å². The van der Waals surface area contributed by atoms with Crippen LogP contribution in [0.25, 0.3) is 0 Å². The summed E-state index contributed by atoms with van der Waals surface area (Å²) in [6.45, 7) is 5.85. The van der Waals surface area contributed by atoms with Crippen LogP contribution in [0.4, 0.5) is 0 Å². The fourth-order valence-corrected chi connectivity index (χ4v) is 3.44. The van der Waals surface area contributed by atoms with Crippen molar-refractivity contribution in [2.45, 2.75) is 77.5 Å². The average molecular weight is 294 g/mol. The van der Waals surface area contributed by atoms with E-state index in [1.807, 2.05) is 4.68 Å². The molecular formula is C16H30N4O. The number of ether oxygens (including phenoxy) is 1. The fraction of sp³-hybridized carbons (Fsp3) is 0.875. The van der Waals surface area contributed by atoms with Gasteiger partial charge in [0.2, 0.25) is 0 Å². The van der Waals surface area contributed by atoms with Gasteiger partial charge in [-0.3, -0.25) is 4.68 Å². The molecule has 0 saturated heterocycles. The van der Waals surface area contributed by atoms with Crippen molar-refractivity contribution in [1.82, 2.24) is 14.8 Å². The molecule has 2 rings (SSSR count). The highest BCUT2D eigenvalue weighted by atomic mass is 16.5.